The summed E-state index contributed by atoms with van der Waals surface area (Å²) in [6.45, 7) is 1.60. The van der Waals surface area contributed by atoms with E-state index in [0.717, 1.165) is 0 Å². The minimum atomic E-state index is -0.674. The molecule has 0 bridgehead atoms. The van der Waals surface area contributed by atoms with E-state index in [1.54, 1.807) is 25.3 Å². The van der Waals surface area contributed by atoms with Crippen molar-refractivity contribution in [2.75, 3.05) is 0 Å². The zero-order chi connectivity index (χ0) is 10.8. The highest BCUT2D eigenvalue weighted by Crippen LogP contribution is 2.12. The fourth-order valence-electron chi connectivity index (χ4n) is 1.21. The van der Waals surface area contributed by atoms with Crippen LogP contribution in [-0.4, -0.2) is 20.1 Å². The van der Waals surface area contributed by atoms with Crippen LogP contribution in [0.5, 0.6) is 0 Å². The molecule has 1 aromatic heterocycles. The van der Waals surface area contributed by atoms with Gasteiger partial charge in [0.1, 0.15) is 11.5 Å². The minimum Gasteiger partial charge on any atom is -0.387 e. The summed E-state index contributed by atoms with van der Waals surface area (Å²) in [6, 6.07) is 6.01. The lowest BCUT2D eigenvalue weighted by atomic mass is 10.3. The molecule has 0 saturated carbocycles. The molecule has 5 heteroatoms. The molecular formula is C10H10FN3O. The third-order valence-electron chi connectivity index (χ3n) is 2.01. The van der Waals surface area contributed by atoms with Gasteiger partial charge in [0.2, 0.25) is 0 Å². The summed E-state index contributed by atoms with van der Waals surface area (Å²) in [7, 11) is 0. The molecule has 78 valence electrons. The summed E-state index contributed by atoms with van der Waals surface area (Å²) in [6.07, 6.45) is 0.895. The lowest BCUT2D eigenvalue weighted by Gasteiger charge is -1.99. The molecule has 0 aliphatic heterocycles. The Bertz CT molecular complexity index is 467. The predicted molar refractivity (Wildman–Crippen MR) is 52.0 cm³/mol. The average molecular weight is 207 g/mol. The van der Waals surface area contributed by atoms with E-state index in [2.05, 4.69) is 10.3 Å². The van der Waals surface area contributed by atoms with Crippen molar-refractivity contribution in [3.8, 4) is 5.69 Å². The van der Waals surface area contributed by atoms with Crippen molar-refractivity contribution in [1.29, 1.82) is 0 Å². The van der Waals surface area contributed by atoms with Crippen LogP contribution in [0.25, 0.3) is 5.69 Å². The summed E-state index contributed by atoms with van der Waals surface area (Å²) in [4.78, 5) is 0. The van der Waals surface area contributed by atoms with Gasteiger partial charge in [-0.15, -0.1) is 5.10 Å². The van der Waals surface area contributed by atoms with Crippen LogP contribution in [0.1, 0.15) is 18.7 Å². The summed E-state index contributed by atoms with van der Waals surface area (Å²) in [5.41, 5.74) is 1.04. The summed E-state index contributed by atoms with van der Waals surface area (Å²) >= 11 is 0. The van der Waals surface area contributed by atoms with Crippen molar-refractivity contribution in [3.63, 3.8) is 0 Å². The molecule has 0 spiro atoms. The van der Waals surface area contributed by atoms with E-state index in [9.17, 15) is 9.50 Å². The summed E-state index contributed by atoms with van der Waals surface area (Å²) in [5.74, 6) is -0.332. The molecule has 0 amide bonds. The zero-order valence-corrected chi connectivity index (χ0v) is 8.13. The molecule has 15 heavy (non-hydrogen) atoms. The van der Waals surface area contributed by atoms with E-state index in [-0.39, 0.29) is 5.82 Å². The fraction of sp³-hybridized carbons (Fsp3) is 0.200. The van der Waals surface area contributed by atoms with E-state index in [0.29, 0.717) is 11.4 Å². The van der Waals surface area contributed by atoms with Crippen molar-refractivity contribution in [2.45, 2.75) is 13.0 Å². The van der Waals surface area contributed by atoms with E-state index in [1.807, 2.05) is 0 Å². The first-order valence-corrected chi connectivity index (χ1v) is 4.53. The van der Waals surface area contributed by atoms with Gasteiger partial charge >= 0.3 is 0 Å². The molecule has 2 aromatic rings. The van der Waals surface area contributed by atoms with Crippen molar-refractivity contribution >= 4 is 0 Å². The third kappa shape index (κ3) is 2.02. The fourth-order valence-corrected chi connectivity index (χ4v) is 1.21. The topological polar surface area (TPSA) is 50.9 Å². The monoisotopic (exact) mass is 207 g/mol. The highest BCUT2D eigenvalue weighted by atomic mass is 19.1. The summed E-state index contributed by atoms with van der Waals surface area (Å²) in [5, 5.41) is 16.8. The maximum Gasteiger partial charge on any atom is 0.125 e. The van der Waals surface area contributed by atoms with Gasteiger partial charge in [-0.05, 0) is 25.1 Å². The van der Waals surface area contributed by atoms with Gasteiger partial charge in [0.05, 0.1) is 18.0 Å². The highest BCUT2D eigenvalue weighted by Gasteiger charge is 2.07. The van der Waals surface area contributed by atoms with Crippen LogP contribution in [0.2, 0.25) is 0 Å². The Morgan fingerprint density at radius 1 is 1.47 bits per heavy atom. The molecule has 4 nitrogen and oxygen atoms in total. The second-order valence-electron chi connectivity index (χ2n) is 3.24. The van der Waals surface area contributed by atoms with Gasteiger partial charge in [0, 0.05) is 0 Å². The number of aromatic nitrogens is 3. The first-order valence-electron chi connectivity index (χ1n) is 4.53. The number of nitrogens with zero attached hydrogens (tertiary/aromatic N) is 3. The Hall–Kier alpha value is -1.75. The van der Waals surface area contributed by atoms with Gasteiger partial charge in [-0.3, -0.25) is 0 Å². The van der Waals surface area contributed by atoms with Crippen molar-refractivity contribution in [2.24, 2.45) is 0 Å². The van der Waals surface area contributed by atoms with Crippen LogP contribution in [0.4, 0.5) is 4.39 Å². The van der Waals surface area contributed by atoms with Crippen LogP contribution >= 0.6 is 0 Å². The number of benzene rings is 1. The smallest absolute Gasteiger partial charge is 0.125 e. The normalized spacial score (nSPS) is 12.7. The Morgan fingerprint density at radius 3 is 2.87 bits per heavy atom. The molecule has 0 saturated heterocycles. The maximum atomic E-state index is 12.9. The second-order valence-corrected chi connectivity index (χ2v) is 3.24. The number of rotatable bonds is 2. The highest BCUT2D eigenvalue weighted by molar-refractivity contribution is 5.30. The van der Waals surface area contributed by atoms with Crippen LogP contribution in [0, 0.1) is 5.82 Å². The van der Waals surface area contributed by atoms with E-state index >= 15 is 0 Å². The SMILES string of the molecule is CC(O)c1cn(-c2cccc(F)c2)nn1. The van der Waals surface area contributed by atoms with Crippen LogP contribution in [-0.2, 0) is 0 Å². The van der Waals surface area contributed by atoms with Crippen molar-refractivity contribution in [3.05, 3.63) is 42.0 Å². The number of aliphatic hydroxyl groups excluding tert-OH is 1. The van der Waals surface area contributed by atoms with Gasteiger partial charge in [-0.2, -0.15) is 0 Å². The number of halogens is 1. The quantitative estimate of drug-likeness (QED) is 0.811. The van der Waals surface area contributed by atoms with Gasteiger partial charge in [-0.1, -0.05) is 11.3 Å². The largest absolute Gasteiger partial charge is 0.387 e. The molecule has 0 aliphatic carbocycles. The van der Waals surface area contributed by atoms with E-state index in [1.165, 1.54) is 16.8 Å². The first-order chi connectivity index (χ1) is 7.16. The van der Waals surface area contributed by atoms with E-state index in [4.69, 9.17) is 0 Å². The number of hydrogen-bond acceptors (Lipinski definition) is 3. The molecule has 2 rings (SSSR count). The maximum absolute atomic E-state index is 12.9. The molecular weight excluding hydrogens is 197 g/mol. The zero-order valence-electron chi connectivity index (χ0n) is 8.13. The number of hydrogen-bond donors (Lipinski definition) is 1. The minimum absolute atomic E-state index is 0.332. The first kappa shape index (κ1) is 9.79. The molecule has 0 radical (unpaired) electrons. The molecule has 1 N–H and O–H groups in total. The molecule has 1 aromatic carbocycles. The Kier molecular flexibility index (Phi) is 2.47. The molecule has 1 atom stereocenters. The Labute approximate surface area is 86.0 Å². The van der Waals surface area contributed by atoms with Gasteiger partial charge in [-0.25, -0.2) is 9.07 Å². The third-order valence-corrected chi connectivity index (χ3v) is 2.01. The Morgan fingerprint density at radius 2 is 2.27 bits per heavy atom. The molecule has 0 aliphatic rings. The summed E-state index contributed by atoms with van der Waals surface area (Å²) < 4.78 is 14.3. The Balaban J connectivity index is 2.37. The van der Waals surface area contributed by atoms with Gasteiger partial charge in [0.25, 0.3) is 0 Å². The van der Waals surface area contributed by atoms with E-state index < -0.39 is 6.10 Å². The van der Waals surface area contributed by atoms with Crippen LogP contribution < -0.4 is 0 Å². The lowest BCUT2D eigenvalue weighted by molar-refractivity contribution is 0.194. The average Bonchev–Trinajstić information content (AvgIpc) is 2.66. The lowest BCUT2D eigenvalue weighted by Crippen LogP contribution is -1.95. The second kappa shape index (κ2) is 3.78. The number of aliphatic hydroxyl groups is 1. The predicted octanol–water partition coefficient (Wildman–Crippen LogP) is 1.46. The molecule has 1 unspecified atom stereocenters. The molecule has 0 fully saturated rings. The molecule has 1 heterocycles. The van der Waals surface area contributed by atoms with Gasteiger partial charge in [0.15, 0.2) is 0 Å². The van der Waals surface area contributed by atoms with Crippen molar-refractivity contribution < 1.29 is 9.50 Å². The van der Waals surface area contributed by atoms with Crippen molar-refractivity contribution in [1.82, 2.24) is 15.0 Å². The van der Waals surface area contributed by atoms with Crippen LogP contribution in [0.3, 0.4) is 0 Å². The van der Waals surface area contributed by atoms with Crippen LogP contribution in [0.15, 0.2) is 30.5 Å². The van der Waals surface area contributed by atoms with Gasteiger partial charge < -0.3 is 5.11 Å². The standard InChI is InChI=1S/C10H10FN3O/c1-7(15)10-6-14(13-12-10)9-4-2-3-8(11)5-9/h2-7,15H,1H3.